The average Bonchev–Trinajstić information content (AvgIpc) is 3.42. The lowest BCUT2D eigenvalue weighted by molar-refractivity contribution is -0.169. The number of benzene rings is 1. The summed E-state index contributed by atoms with van der Waals surface area (Å²) in [5.41, 5.74) is 4.60. The van der Waals surface area contributed by atoms with Gasteiger partial charge in [-0.15, -0.1) is 0 Å². The monoisotopic (exact) mass is 453 g/mol. The Morgan fingerprint density at radius 3 is 2.50 bits per heavy atom. The van der Waals surface area contributed by atoms with Gasteiger partial charge in [-0.05, 0) is 42.7 Å². The number of aryl methyl sites for hydroxylation is 2. The second-order valence-corrected chi connectivity index (χ2v) is 8.96. The molecule has 0 bridgehead atoms. The van der Waals surface area contributed by atoms with E-state index in [9.17, 15) is 4.79 Å². The molecule has 0 unspecified atom stereocenters. The van der Waals surface area contributed by atoms with E-state index in [1.165, 1.54) is 5.69 Å². The van der Waals surface area contributed by atoms with Crippen LogP contribution in [0.25, 0.3) is 5.65 Å². The lowest BCUT2D eigenvalue weighted by Crippen LogP contribution is -2.45. The first kappa shape index (κ1) is 21.4. The fourth-order valence-corrected chi connectivity index (χ4v) is 4.91. The zero-order valence-corrected chi connectivity index (χ0v) is 19.1. The minimum Gasteiger partial charge on any atom is -0.371 e. The topological polar surface area (TPSA) is 56.1 Å². The summed E-state index contributed by atoms with van der Waals surface area (Å²) in [5, 5.41) is 0.594. The van der Waals surface area contributed by atoms with Crippen LogP contribution in [0.3, 0.4) is 0 Å². The molecule has 0 aliphatic carbocycles. The third-order valence-corrected chi connectivity index (χ3v) is 6.76. The van der Waals surface area contributed by atoms with Crippen LogP contribution >= 0.6 is 11.6 Å². The Labute approximate surface area is 193 Å². The minimum absolute atomic E-state index is 0.0959. The molecule has 7 heteroatoms. The summed E-state index contributed by atoms with van der Waals surface area (Å²) >= 11 is 6.16. The molecule has 32 heavy (non-hydrogen) atoms. The summed E-state index contributed by atoms with van der Waals surface area (Å²) in [6.07, 6.45) is 5.41. The van der Waals surface area contributed by atoms with Crippen LogP contribution < -0.4 is 4.90 Å². The van der Waals surface area contributed by atoms with E-state index in [0.717, 1.165) is 42.8 Å². The first-order valence-corrected chi connectivity index (χ1v) is 11.8. The quantitative estimate of drug-likeness (QED) is 0.506. The second kappa shape index (κ2) is 8.85. The van der Waals surface area contributed by atoms with E-state index in [2.05, 4.69) is 34.1 Å². The second-order valence-electron chi connectivity index (χ2n) is 8.52. The molecule has 2 fully saturated rings. The minimum atomic E-state index is -0.351. The fraction of sp³-hybridized carbons (Fsp3) is 0.440. The molecule has 2 aromatic heterocycles. The molecule has 4 heterocycles. The van der Waals surface area contributed by atoms with Gasteiger partial charge >= 0.3 is 0 Å². The largest absolute Gasteiger partial charge is 0.371 e. The number of anilines is 1. The number of pyridine rings is 1. The number of hydrogen-bond donors (Lipinski definition) is 0. The molecule has 2 saturated heterocycles. The van der Waals surface area contributed by atoms with Crippen LogP contribution in [-0.2, 0) is 22.3 Å². The summed E-state index contributed by atoms with van der Waals surface area (Å²) in [4.78, 5) is 20.1. The molecule has 0 saturated carbocycles. The predicted octanol–water partition coefficient (Wildman–Crippen LogP) is 4.71. The maximum absolute atomic E-state index is 13.1. The maximum Gasteiger partial charge on any atom is 0.181 e. The molecule has 3 aromatic rings. The highest BCUT2D eigenvalue weighted by atomic mass is 35.5. The number of fused-ring (bicyclic) bond motifs is 1. The normalized spacial score (nSPS) is 18.0. The highest BCUT2D eigenvalue weighted by Crippen LogP contribution is 2.33. The Morgan fingerprint density at radius 2 is 1.81 bits per heavy atom. The van der Waals surface area contributed by atoms with Crippen LogP contribution in [0, 0.1) is 0 Å². The highest BCUT2D eigenvalue weighted by Gasteiger charge is 2.39. The van der Waals surface area contributed by atoms with Crippen LogP contribution in [-0.4, -0.2) is 47.3 Å². The summed E-state index contributed by atoms with van der Waals surface area (Å²) in [5.74, 6) is -0.255. The Kier molecular flexibility index (Phi) is 5.93. The molecule has 6 nitrogen and oxygen atoms in total. The zero-order valence-electron chi connectivity index (χ0n) is 18.3. The first-order chi connectivity index (χ1) is 15.6. The van der Waals surface area contributed by atoms with Gasteiger partial charge < -0.3 is 14.4 Å². The van der Waals surface area contributed by atoms with Crippen molar-refractivity contribution in [1.29, 1.82) is 0 Å². The summed E-state index contributed by atoms with van der Waals surface area (Å²) < 4.78 is 13.5. The average molecular weight is 454 g/mol. The summed E-state index contributed by atoms with van der Waals surface area (Å²) in [6.45, 7) is 5.28. The number of ketones is 1. The van der Waals surface area contributed by atoms with Crippen molar-refractivity contribution in [3.8, 4) is 0 Å². The van der Waals surface area contributed by atoms with Crippen molar-refractivity contribution in [2.45, 2.75) is 44.8 Å². The Bertz CT molecular complexity index is 1110. The van der Waals surface area contributed by atoms with Gasteiger partial charge in [0.2, 0.25) is 0 Å². The Morgan fingerprint density at radius 1 is 1.09 bits per heavy atom. The molecular weight excluding hydrogens is 426 g/mol. The van der Waals surface area contributed by atoms with Crippen molar-refractivity contribution in [2.24, 2.45) is 0 Å². The molecule has 1 spiro atoms. The van der Waals surface area contributed by atoms with Crippen LogP contribution in [0.1, 0.15) is 47.9 Å². The highest BCUT2D eigenvalue weighted by molar-refractivity contribution is 6.30. The summed E-state index contributed by atoms with van der Waals surface area (Å²) in [6, 6.07) is 12.2. The molecule has 0 amide bonds. The number of aromatic nitrogens is 2. The van der Waals surface area contributed by atoms with Gasteiger partial charge in [0.25, 0.3) is 0 Å². The predicted molar refractivity (Wildman–Crippen MR) is 125 cm³/mol. The SMILES string of the molecule is CCc1nc2ccc(Cl)cn2c1C(=O)CCc1ccc(N2CCC3(CC2)OCCO3)cc1. The molecule has 1 aromatic carbocycles. The number of halogens is 1. The molecule has 2 aliphatic heterocycles. The zero-order chi connectivity index (χ0) is 22.1. The van der Waals surface area contributed by atoms with E-state index in [-0.39, 0.29) is 11.6 Å². The van der Waals surface area contributed by atoms with Crippen LogP contribution in [0.5, 0.6) is 0 Å². The fourth-order valence-electron chi connectivity index (χ4n) is 4.75. The van der Waals surface area contributed by atoms with Gasteiger partial charge in [-0.25, -0.2) is 4.98 Å². The number of imidazole rings is 1. The van der Waals surface area contributed by atoms with E-state index in [1.807, 2.05) is 17.4 Å². The molecule has 0 N–H and O–H groups in total. The Balaban J connectivity index is 1.23. The molecule has 168 valence electrons. The standard InChI is InChI=1S/C25H28ClN3O3/c1-2-21-24(29-17-19(26)6-10-23(29)27-21)22(30)9-5-18-3-7-20(8-4-18)28-13-11-25(12-14-28)31-15-16-32-25/h3-4,6-8,10,17H,2,5,9,11-16H2,1H3. The van der Waals surface area contributed by atoms with Crippen LogP contribution in [0.4, 0.5) is 5.69 Å². The number of carbonyl (C=O) groups excluding carboxylic acids is 1. The van der Waals surface area contributed by atoms with Gasteiger partial charge in [0.15, 0.2) is 11.6 Å². The van der Waals surface area contributed by atoms with Crippen molar-refractivity contribution in [2.75, 3.05) is 31.2 Å². The van der Waals surface area contributed by atoms with E-state index in [1.54, 1.807) is 12.3 Å². The first-order valence-electron chi connectivity index (χ1n) is 11.4. The van der Waals surface area contributed by atoms with E-state index < -0.39 is 0 Å². The third-order valence-electron chi connectivity index (χ3n) is 6.53. The van der Waals surface area contributed by atoms with Gasteiger partial charge in [0, 0.05) is 44.2 Å². The van der Waals surface area contributed by atoms with Crippen molar-refractivity contribution in [3.63, 3.8) is 0 Å². The number of ether oxygens (including phenoxy) is 2. The third kappa shape index (κ3) is 4.15. The molecule has 5 rings (SSSR count). The molecular formula is C25H28ClN3O3. The number of rotatable bonds is 6. The van der Waals surface area contributed by atoms with Crippen molar-refractivity contribution in [1.82, 2.24) is 9.38 Å². The van der Waals surface area contributed by atoms with E-state index in [0.29, 0.717) is 43.2 Å². The summed E-state index contributed by atoms with van der Waals surface area (Å²) in [7, 11) is 0. The van der Waals surface area contributed by atoms with Gasteiger partial charge in [-0.3, -0.25) is 9.20 Å². The maximum atomic E-state index is 13.1. The molecule has 0 atom stereocenters. The van der Waals surface area contributed by atoms with Gasteiger partial charge in [0.1, 0.15) is 11.3 Å². The lowest BCUT2D eigenvalue weighted by Gasteiger charge is -2.38. The molecule has 0 radical (unpaired) electrons. The number of Topliss-reactive ketones (excluding diaryl/α,β-unsaturated/α-hetero) is 1. The van der Waals surface area contributed by atoms with Crippen LogP contribution in [0.2, 0.25) is 5.02 Å². The number of nitrogens with zero attached hydrogens (tertiary/aromatic N) is 3. The Hall–Kier alpha value is -2.41. The van der Waals surface area contributed by atoms with E-state index in [4.69, 9.17) is 21.1 Å². The van der Waals surface area contributed by atoms with Gasteiger partial charge in [-0.2, -0.15) is 0 Å². The number of piperidine rings is 1. The molecule has 2 aliphatic rings. The lowest BCUT2D eigenvalue weighted by atomic mass is 10.0. The van der Waals surface area contributed by atoms with Crippen molar-refractivity contribution >= 4 is 28.7 Å². The van der Waals surface area contributed by atoms with Crippen LogP contribution in [0.15, 0.2) is 42.6 Å². The van der Waals surface area contributed by atoms with Gasteiger partial charge in [0.05, 0.1) is 23.9 Å². The number of hydrogen-bond acceptors (Lipinski definition) is 5. The van der Waals surface area contributed by atoms with Crippen molar-refractivity contribution < 1.29 is 14.3 Å². The van der Waals surface area contributed by atoms with E-state index >= 15 is 0 Å². The smallest absolute Gasteiger partial charge is 0.181 e. The number of carbonyl (C=O) groups is 1. The van der Waals surface area contributed by atoms with Crippen molar-refractivity contribution in [3.05, 3.63) is 64.6 Å². The van der Waals surface area contributed by atoms with Gasteiger partial charge in [-0.1, -0.05) is 30.7 Å².